The zero-order valence-electron chi connectivity index (χ0n) is 15.4. The second-order valence-corrected chi connectivity index (χ2v) is 7.10. The van der Waals surface area contributed by atoms with Gasteiger partial charge in [0.15, 0.2) is 0 Å². The number of nitrogens with zero attached hydrogens (tertiary/aromatic N) is 2. The molecule has 1 fully saturated rings. The van der Waals surface area contributed by atoms with Crippen molar-refractivity contribution < 1.29 is 23.8 Å². The first-order chi connectivity index (χ1) is 12.2. The molecular weight excluding hydrogens is 341 g/mol. The number of nitrogens with one attached hydrogen (secondary N) is 1. The van der Waals surface area contributed by atoms with Crippen LogP contribution < -0.4 is 10.2 Å². The number of halogens is 1. The van der Waals surface area contributed by atoms with E-state index in [1.54, 1.807) is 17.0 Å². The summed E-state index contributed by atoms with van der Waals surface area (Å²) < 4.78 is 19.8. The van der Waals surface area contributed by atoms with Gasteiger partial charge in [-0.2, -0.15) is 0 Å². The average molecular weight is 367 g/mol. The number of benzene rings is 1. The Morgan fingerprint density at radius 2 is 1.88 bits per heavy atom. The number of carbonyl (C=O) groups is 2. The number of rotatable bonds is 4. The Morgan fingerprint density at radius 1 is 1.23 bits per heavy atom. The molecule has 1 heterocycles. The number of anilines is 1. The number of amides is 2. The molecule has 0 unspecified atom stereocenters. The predicted molar refractivity (Wildman–Crippen MR) is 95.8 cm³/mol. The van der Waals surface area contributed by atoms with E-state index in [-0.39, 0.29) is 24.8 Å². The highest BCUT2D eigenvalue weighted by atomic mass is 19.1. The standard InChI is InChI=1S/C18H26FN3O4/c1-18(2,3)26-17(25)22-9-7-21(8-10-22)15-5-4-13(12-14(15)19)16(24)20-6-11-23/h4-5,12,23H,6-11H2,1-3H3,(H,20,24). The van der Waals surface area contributed by atoms with Crippen molar-refractivity contribution in [2.45, 2.75) is 26.4 Å². The number of carbonyl (C=O) groups excluding carboxylic acids is 2. The molecule has 2 N–H and O–H groups in total. The average Bonchev–Trinajstić information content (AvgIpc) is 2.58. The van der Waals surface area contributed by atoms with Gasteiger partial charge < -0.3 is 25.0 Å². The molecule has 1 aromatic rings. The molecule has 0 aromatic heterocycles. The highest BCUT2D eigenvalue weighted by Crippen LogP contribution is 2.22. The lowest BCUT2D eigenvalue weighted by molar-refractivity contribution is 0.0240. The first-order valence-corrected chi connectivity index (χ1v) is 8.63. The van der Waals surface area contributed by atoms with Gasteiger partial charge in [0, 0.05) is 38.3 Å². The number of ether oxygens (including phenoxy) is 1. The largest absolute Gasteiger partial charge is 0.444 e. The maximum absolute atomic E-state index is 14.4. The third kappa shape index (κ3) is 5.32. The van der Waals surface area contributed by atoms with E-state index >= 15 is 0 Å². The van der Waals surface area contributed by atoms with Crippen molar-refractivity contribution in [3.05, 3.63) is 29.6 Å². The van der Waals surface area contributed by atoms with E-state index in [2.05, 4.69) is 5.32 Å². The lowest BCUT2D eigenvalue weighted by Gasteiger charge is -2.36. The fraction of sp³-hybridized carbons (Fsp3) is 0.556. The van der Waals surface area contributed by atoms with Gasteiger partial charge in [-0.1, -0.05) is 0 Å². The molecular formula is C18H26FN3O4. The van der Waals surface area contributed by atoms with Crippen molar-refractivity contribution in [2.24, 2.45) is 0 Å². The lowest BCUT2D eigenvalue weighted by Crippen LogP contribution is -2.50. The second kappa shape index (κ2) is 8.35. The second-order valence-electron chi connectivity index (χ2n) is 7.10. The molecule has 26 heavy (non-hydrogen) atoms. The predicted octanol–water partition coefficient (Wildman–Crippen LogP) is 1.60. The Morgan fingerprint density at radius 3 is 2.42 bits per heavy atom. The first-order valence-electron chi connectivity index (χ1n) is 8.63. The third-order valence-corrected chi connectivity index (χ3v) is 3.88. The molecule has 1 aliphatic rings. The van der Waals surface area contributed by atoms with Crippen LogP contribution in [0.15, 0.2) is 18.2 Å². The van der Waals surface area contributed by atoms with Gasteiger partial charge in [0.1, 0.15) is 11.4 Å². The highest BCUT2D eigenvalue weighted by Gasteiger charge is 2.27. The normalized spacial score (nSPS) is 15.0. The molecule has 1 aliphatic heterocycles. The van der Waals surface area contributed by atoms with E-state index in [0.717, 1.165) is 0 Å². The van der Waals surface area contributed by atoms with Crippen molar-refractivity contribution in [3.63, 3.8) is 0 Å². The van der Waals surface area contributed by atoms with Gasteiger partial charge in [-0.25, -0.2) is 9.18 Å². The molecule has 8 heteroatoms. The number of aliphatic hydroxyl groups excluding tert-OH is 1. The summed E-state index contributed by atoms with van der Waals surface area (Å²) in [7, 11) is 0. The summed E-state index contributed by atoms with van der Waals surface area (Å²) in [5, 5.41) is 11.2. The van der Waals surface area contributed by atoms with Gasteiger partial charge in [0.2, 0.25) is 0 Å². The summed E-state index contributed by atoms with van der Waals surface area (Å²) in [6.45, 7) is 7.22. The Bertz CT molecular complexity index is 652. The molecule has 1 aromatic carbocycles. The zero-order valence-corrected chi connectivity index (χ0v) is 15.4. The van der Waals surface area contributed by atoms with E-state index in [1.807, 2.05) is 25.7 Å². The number of piperazine rings is 1. The van der Waals surface area contributed by atoms with Gasteiger partial charge in [0.05, 0.1) is 12.3 Å². The monoisotopic (exact) mass is 367 g/mol. The summed E-state index contributed by atoms with van der Waals surface area (Å²) in [5.74, 6) is -0.924. The van der Waals surface area contributed by atoms with Crippen molar-refractivity contribution >= 4 is 17.7 Å². The zero-order chi connectivity index (χ0) is 19.3. The van der Waals surface area contributed by atoms with Crippen LogP contribution in [-0.2, 0) is 4.74 Å². The quantitative estimate of drug-likeness (QED) is 0.845. The lowest BCUT2D eigenvalue weighted by atomic mass is 10.1. The molecule has 2 rings (SSSR count). The fourth-order valence-electron chi connectivity index (χ4n) is 2.63. The molecule has 0 atom stereocenters. The SMILES string of the molecule is CC(C)(C)OC(=O)N1CCN(c2ccc(C(=O)NCCO)cc2F)CC1. The molecule has 0 aliphatic carbocycles. The van der Waals surface area contributed by atoms with Crippen LogP contribution in [0.1, 0.15) is 31.1 Å². The number of aliphatic hydroxyl groups is 1. The van der Waals surface area contributed by atoms with Crippen LogP contribution >= 0.6 is 0 Å². The van der Waals surface area contributed by atoms with Crippen molar-refractivity contribution in [1.82, 2.24) is 10.2 Å². The van der Waals surface area contributed by atoms with E-state index in [0.29, 0.717) is 31.9 Å². The number of hydrogen-bond donors (Lipinski definition) is 2. The molecule has 7 nitrogen and oxygen atoms in total. The van der Waals surface area contributed by atoms with Crippen LogP contribution in [0, 0.1) is 5.82 Å². The molecule has 1 saturated heterocycles. The maximum atomic E-state index is 14.4. The van der Waals surface area contributed by atoms with Gasteiger partial charge in [0.25, 0.3) is 5.91 Å². The molecule has 0 radical (unpaired) electrons. The van der Waals surface area contributed by atoms with E-state index in [1.165, 1.54) is 6.07 Å². The van der Waals surface area contributed by atoms with E-state index in [9.17, 15) is 14.0 Å². The molecule has 0 spiro atoms. The molecule has 144 valence electrons. The Balaban J connectivity index is 1.97. The Hall–Kier alpha value is -2.35. The smallest absolute Gasteiger partial charge is 0.410 e. The molecule has 2 amide bonds. The minimum atomic E-state index is -0.549. The minimum Gasteiger partial charge on any atom is -0.444 e. The highest BCUT2D eigenvalue weighted by molar-refractivity contribution is 5.94. The molecule has 0 saturated carbocycles. The van der Waals surface area contributed by atoms with Gasteiger partial charge >= 0.3 is 6.09 Å². The summed E-state index contributed by atoms with van der Waals surface area (Å²) in [6.07, 6.45) is -0.367. The summed E-state index contributed by atoms with van der Waals surface area (Å²) in [4.78, 5) is 27.3. The summed E-state index contributed by atoms with van der Waals surface area (Å²) in [6, 6.07) is 4.29. The van der Waals surface area contributed by atoms with Gasteiger partial charge in [-0.3, -0.25) is 4.79 Å². The Labute approximate surface area is 152 Å². The maximum Gasteiger partial charge on any atom is 0.410 e. The van der Waals surface area contributed by atoms with Crippen LogP contribution in [0.4, 0.5) is 14.9 Å². The Kier molecular flexibility index (Phi) is 6.42. The van der Waals surface area contributed by atoms with Crippen LogP contribution in [-0.4, -0.2) is 66.9 Å². The van der Waals surface area contributed by atoms with Crippen molar-refractivity contribution in [2.75, 3.05) is 44.2 Å². The van der Waals surface area contributed by atoms with Crippen molar-refractivity contribution in [1.29, 1.82) is 0 Å². The van der Waals surface area contributed by atoms with Crippen LogP contribution in [0.5, 0.6) is 0 Å². The fourth-order valence-corrected chi connectivity index (χ4v) is 2.63. The topological polar surface area (TPSA) is 82.1 Å². The van der Waals surface area contributed by atoms with Crippen molar-refractivity contribution in [3.8, 4) is 0 Å². The van der Waals surface area contributed by atoms with E-state index < -0.39 is 17.3 Å². The van der Waals surface area contributed by atoms with E-state index in [4.69, 9.17) is 9.84 Å². The number of hydrogen-bond acceptors (Lipinski definition) is 5. The van der Waals surface area contributed by atoms with Gasteiger partial charge in [-0.15, -0.1) is 0 Å². The van der Waals surface area contributed by atoms with Crippen LogP contribution in [0.25, 0.3) is 0 Å². The van der Waals surface area contributed by atoms with Crippen LogP contribution in [0.2, 0.25) is 0 Å². The minimum absolute atomic E-state index is 0.120. The van der Waals surface area contributed by atoms with Gasteiger partial charge in [-0.05, 0) is 39.0 Å². The first kappa shape index (κ1) is 20.0. The van der Waals surface area contributed by atoms with Crippen LogP contribution in [0.3, 0.4) is 0 Å². The summed E-state index contributed by atoms with van der Waals surface area (Å²) >= 11 is 0. The summed E-state index contributed by atoms with van der Waals surface area (Å²) in [5.41, 5.74) is 0.0480. The molecule has 0 bridgehead atoms. The third-order valence-electron chi connectivity index (χ3n) is 3.88.